The Morgan fingerprint density at radius 1 is 0.857 bits per heavy atom. The topological polar surface area (TPSA) is 57.7 Å². The Bertz CT molecular complexity index is 615. The van der Waals surface area contributed by atoms with Crippen molar-refractivity contribution in [3.8, 4) is 0 Å². The Hall–Kier alpha value is -1.40. The first-order chi connectivity index (χ1) is 10.1. The van der Waals surface area contributed by atoms with Crippen molar-refractivity contribution in [3.63, 3.8) is 0 Å². The van der Waals surface area contributed by atoms with Crippen molar-refractivity contribution >= 4 is 15.9 Å². The van der Waals surface area contributed by atoms with Crippen LogP contribution in [0.25, 0.3) is 0 Å². The number of hydrogen-bond acceptors (Lipinski definition) is 3. The number of likely N-dealkylation sites (tertiary alicyclic amines) is 1. The normalized spacial score (nSPS) is 20.1. The van der Waals surface area contributed by atoms with Crippen LogP contribution in [-0.2, 0) is 10.0 Å². The molecule has 2 aliphatic rings. The van der Waals surface area contributed by atoms with E-state index in [2.05, 4.69) is 0 Å². The van der Waals surface area contributed by atoms with E-state index in [0.717, 1.165) is 38.8 Å². The molecule has 2 heterocycles. The van der Waals surface area contributed by atoms with Crippen LogP contribution >= 0.6 is 0 Å². The lowest BCUT2D eigenvalue weighted by atomic mass is 10.1. The molecular weight excluding hydrogens is 288 g/mol. The fourth-order valence-electron chi connectivity index (χ4n) is 2.73. The summed E-state index contributed by atoms with van der Waals surface area (Å²) in [7, 11) is -3.41. The van der Waals surface area contributed by atoms with Crippen LogP contribution in [0.15, 0.2) is 29.2 Å². The standard InChI is InChI=1S/C15H20N2O3S/c18-15(16-9-4-10-16)13-5-7-14(8-6-13)21(19,20)17-11-2-1-3-12-17/h5-8H,1-4,9-12H2. The van der Waals surface area contributed by atoms with Gasteiger partial charge in [-0.05, 0) is 43.5 Å². The molecule has 114 valence electrons. The third kappa shape index (κ3) is 2.82. The van der Waals surface area contributed by atoms with Crippen LogP contribution in [0, 0.1) is 0 Å². The van der Waals surface area contributed by atoms with Gasteiger partial charge in [0.1, 0.15) is 0 Å². The van der Waals surface area contributed by atoms with Crippen LogP contribution in [0.3, 0.4) is 0 Å². The zero-order chi connectivity index (χ0) is 14.9. The molecule has 0 aromatic heterocycles. The summed E-state index contributed by atoms with van der Waals surface area (Å²) in [5.74, 6) is -0.0110. The highest BCUT2D eigenvalue weighted by atomic mass is 32.2. The summed E-state index contributed by atoms with van der Waals surface area (Å²) in [6.45, 7) is 2.78. The highest BCUT2D eigenvalue weighted by Gasteiger charge is 2.26. The lowest BCUT2D eigenvalue weighted by Crippen LogP contribution is -2.42. The molecule has 6 heteroatoms. The minimum Gasteiger partial charge on any atom is -0.339 e. The van der Waals surface area contributed by atoms with E-state index in [4.69, 9.17) is 0 Å². The quantitative estimate of drug-likeness (QED) is 0.854. The molecule has 1 aromatic rings. The molecule has 0 spiro atoms. The van der Waals surface area contributed by atoms with Gasteiger partial charge in [0.2, 0.25) is 10.0 Å². The highest BCUT2D eigenvalue weighted by molar-refractivity contribution is 7.89. The minimum absolute atomic E-state index is 0.0110. The van der Waals surface area contributed by atoms with Crippen molar-refractivity contribution in [1.29, 1.82) is 0 Å². The summed E-state index contributed by atoms with van der Waals surface area (Å²) in [4.78, 5) is 14.1. The molecule has 0 N–H and O–H groups in total. The lowest BCUT2D eigenvalue weighted by molar-refractivity contribution is 0.0651. The van der Waals surface area contributed by atoms with Crippen LogP contribution in [-0.4, -0.2) is 49.7 Å². The molecule has 1 aromatic carbocycles. The van der Waals surface area contributed by atoms with Crippen LogP contribution in [0.4, 0.5) is 0 Å². The van der Waals surface area contributed by atoms with Gasteiger partial charge in [-0.3, -0.25) is 4.79 Å². The molecule has 0 atom stereocenters. The number of hydrogen-bond donors (Lipinski definition) is 0. The average molecular weight is 308 g/mol. The van der Waals surface area contributed by atoms with Crippen LogP contribution in [0.2, 0.25) is 0 Å². The Morgan fingerprint density at radius 2 is 1.48 bits per heavy atom. The van der Waals surface area contributed by atoms with E-state index in [9.17, 15) is 13.2 Å². The first kappa shape index (κ1) is 14.5. The Balaban J connectivity index is 1.78. The summed E-state index contributed by atoms with van der Waals surface area (Å²) >= 11 is 0. The summed E-state index contributed by atoms with van der Waals surface area (Å²) in [6, 6.07) is 6.35. The molecular formula is C15H20N2O3S. The van der Waals surface area contributed by atoms with Crippen LogP contribution in [0.1, 0.15) is 36.0 Å². The number of piperidine rings is 1. The molecule has 0 unspecified atom stereocenters. The summed E-state index contributed by atoms with van der Waals surface area (Å²) < 4.78 is 26.5. The first-order valence-corrected chi connectivity index (χ1v) is 8.92. The second kappa shape index (κ2) is 5.77. The van der Waals surface area contributed by atoms with Crippen molar-refractivity contribution in [2.24, 2.45) is 0 Å². The predicted octanol–water partition coefficient (Wildman–Crippen LogP) is 1.71. The molecule has 0 bridgehead atoms. The van der Waals surface area contributed by atoms with Crippen molar-refractivity contribution in [3.05, 3.63) is 29.8 Å². The fraction of sp³-hybridized carbons (Fsp3) is 0.533. The predicted molar refractivity (Wildman–Crippen MR) is 79.6 cm³/mol. The van der Waals surface area contributed by atoms with E-state index in [0.29, 0.717) is 18.7 Å². The zero-order valence-corrected chi connectivity index (χ0v) is 12.8. The van der Waals surface area contributed by atoms with Gasteiger partial charge in [0.15, 0.2) is 0 Å². The first-order valence-electron chi connectivity index (χ1n) is 7.48. The van der Waals surface area contributed by atoms with E-state index >= 15 is 0 Å². The summed E-state index contributed by atoms with van der Waals surface area (Å²) in [6.07, 6.45) is 3.98. The Kier molecular flexibility index (Phi) is 3.99. The molecule has 0 saturated carbocycles. The van der Waals surface area contributed by atoms with Gasteiger partial charge in [-0.2, -0.15) is 4.31 Å². The van der Waals surface area contributed by atoms with Gasteiger partial charge < -0.3 is 4.90 Å². The lowest BCUT2D eigenvalue weighted by Gasteiger charge is -2.31. The van der Waals surface area contributed by atoms with Gasteiger partial charge in [-0.25, -0.2) is 8.42 Å². The van der Waals surface area contributed by atoms with Gasteiger partial charge in [0.05, 0.1) is 4.90 Å². The Morgan fingerprint density at radius 3 is 2.00 bits per heavy atom. The van der Waals surface area contributed by atoms with Crippen molar-refractivity contribution in [2.45, 2.75) is 30.6 Å². The second-order valence-electron chi connectivity index (χ2n) is 5.63. The maximum Gasteiger partial charge on any atom is 0.253 e. The average Bonchev–Trinajstić information content (AvgIpc) is 2.46. The van der Waals surface area contributed by atoms with Gasteiger partial charge >= 0.3 is 0 Å². The van der Waals surface area contributed by atoms with E-state index in [1.807, 2.05) is 0 Å². The van der Waals surface area contributed by atoms with Crippen molar-refractivity contribution in [2.75, 3.05) is 26.2 Å². The second-order valence-corrected chi connectivity index (χ2v) is 7.57. The molecule has 0 aliphatic carbocycles. The van der Waals surface area contributed by atoms with Gasteiger partial charge in [0.25, 0.3) is 5.91 Å². The van der Waals surface area contributed by atoms with Gasteiger partial charge in [0, 0.05) is 31.7 Å². The third-order valence-corrected chi connectivity index (χ3v) is 6.11. The number of benzene rings is 1. The molecule has 21 heavy (non-hydrogen) atoms. The number of carbonyl (C=O) groups excluding carboxylic acids is 1. The highest BCUT2D eigenvalue weighted by Crippen LogP contribution is 2.21. The molecule has 3 rings (SSSR count). The zero-order valence-electron chi connectivity index (χ0n) is 12.0. The molecule has 2 saturated heterocycles. The van der Waals surface area contributed by atoms with E-state index in [-0.39, 0.29) is 10.8 Å². The van der Waals surface area contributed by atoms with Crippen LogP contribution in [0.5, 0.6) is 0 Å². The fourth-order valence-corrected chi connectivity index (χ4v) is 4.24. The number of amides is 1. The molecule has 1 amide bonds. The molecule has 0 radical (unpaired) electrons. The molecule has 2 fully saturated rings. The maximum atomic E-state index is 12.5. The molecule has 5 nitrogen and oxygen atoms in total. The summed E-state index contributed by atoms with van der Waals surface area (Å²) in [5.41, 5.74) is 0.562. The number of rotatable bonds is 3. The van der Waals surface area contributed by atoms with E-state index in [1.54, 1.807) is 33.5 Å². The number of carbonyl (C=O) groups is 1. The third-order valence-electron chi connectivity index (χ3n) is 4.20. The van der Waals surface area contributed by atoms with Crippen LogP contribution < -0.4 is 0 Å². The Labute approximate surface area is 125 Å². The smallest absolute Gasteiger partial charge is 0.253 e. The molecule has 2 aliphatic heterocycles. The van der Waals surface area contributed by atoms with Gasteiger partial charge in [-0.1, -0.05) is 6.42 Å². The SMILES string of the molecule is O=C(c1ccc(S(=O)(=O)N2CCCCC2)cc1)N1CCC1. The van der Waals surface area contributed by atoms with E-state index in [1.165, 1.54) is 0 Å². The largest absolute Gasteiger partial charge is 0.339 e. The van der Waals surface area contributed by atoms with Crippen molar-refractivity contribution < 1.29 is 13.2 Å². The maximum absolute atomic E-state index is 12.5. The van der Waals surface area contributed by atoms with E-state index < -0.39 is 10.0 Å². The summed E-state index contributed by atoms with van der Waals surface area (Å²) in [5, 5.41) is 0. The number of sulfonamides is 1. The minimum atomic E-state index is -3.41. The van der Waals surface area contributed by atoms with Crippen molar-refractivity contribution in [1.82, 2.24) is 9.21 Å². The number of nitrogens with zero attached hydrogens (tertiary/aromatic N) is 2. The monoisotopic (exact) mass is 308 g/mol. The van der Waals surface area contributed by atoms with Gasteiger partial charge in [-0.15, -0.1) is 0 Å².